The second-order valence-electron chi connectivity index (χ2n) is 3.69. The molecular weight excluding hydrogens is 251 g/mol. The molecular formula is C13H9FN2OS. The smallest absolute Gasteiger partial charge is 0.256 e. The van der Waals surface area contributed by atoms with E-state index < -0.39 is 0 Å². The number of nitriles is 1. The number of benzene rings is 1. The van der Waals surface area contributed by atoms with Gasteiger partial charge in [-0.1, -0.05) is 0 Å². The van der Waals surface area contributed by atoms with Crippen molar-refractivity contribution in [2.45, 2.75) is 6.92 Å². The van der Waals surface area contributed by atoms with E-state index in [0.717, 1.165) is 0 Å². The van der Waals surface area contributed by atoms with Crippen molar-refractivity contribution in [3.63, 3.8) is 0 Å². The fraction of sp³-hybridized carbons (Fsp3) is 0.0769. The number of carbonyl (C=O) groups is 1. The van der Waals surface area contributed by atoms with Crippen LogP contribution in [-0.4, -0.2) is 5.91 Å². The third kappa shape index (κ3) is 2.39. The first kappa shape index (κ1) is 12.3. The lowest BCUT2D eigenvalue weighted by molar-refractivity contribution is 0.102. The van der Waals surface area contributed by atoms with Crippen LogP contribution in [0.15, 0.2) is 29.6 Å². The molecule has 0 aliphatic rings. The van der Waals surface area contributed by atoms with E-state index in [9.17, 15) is 9.18 Å². The van der Waals surface area contributed by atoms with E-state index in [-0.39, 0.29) is 11.7 Å². The van der Waals surface area contributed by atoms with Gasteiger partial charge in [0, 0.05) is 5.56 Å². The number of carbonyl (C=O) groups excluding carboxylic acids is 1. The van der Waals surface area contributed by atoms with Crippen LogP contribution in [0.3, 0.4) is 0 Å². The van der Waals surface area contributed by atoms with Gasteiger partial charge < -0.3 is 5.32 Å². The molecule has 1 aromatic carbocycles. The van der Waals surface area contributed by atoms with E-state index in [1.54, 1.807) is 18.4 Å². The van der Waals surface area contributed by atoms with Gasteiger partial charge in [0.2, 0.25) is 0 Å². The number of amides is 1. The summed E-state index contributed by atoms with van der Waals surface area (Å²) < 4.78 is 12.9. The molecule has 0 saturated carbocycles. The fourth-order valence-corrected chi connectivity index (χ4v) is 2.28. The Morgan fingerprint density at radius 2 is 2.22 bits per heavy atom. The van der Waals surface area contributed by atoms with Crippen LogP contribution in [0.1, 0.15) is 21.5 Å². The lowest BCUT2D eigenvalue weighted by Gasteiger charge is -2.06. The Bertz CT molecular complexity index is 643. The first-order valence-corrected chi connectivity index (χ1v) is 6.05. The molecule has 0 bridgehead atoms. The van der Waals surface area contributed by atoms with Crippen LogP contribution >= 0.6 is 11.3 Å². The highest BCUT2D eigenvalue weighted by Crippen LogP contribution is 2.23. The van der Waals surface area contributed by atoms with Gasteiger partial charge in [-0.25, -0.2) is 4.39 Å². The molecule has 0 radical (unpaired) electrons. The number of anilines is 1. The Hall–Kier alpha value is -2.19. The van der Waals surface area contributed by atoms with Gasteiger partial charge in [0.15, 0.2) is 0 Å². The number of nitrogens with one attached hydrogen (secondary N) is 1. The van der Waals surface area contributed by atoms with Crippen LogP contribution in [0.5, 0.6) is 0 Å². The van der Waals surface area contributed by atoms with Gasteiger partial charge in [-0.2, -0.15) is 5.26 Å². The number of hydrogen-bond donors (Lipinski definition) is 1. The molecule has 0 saturated heterocycles. The lowest BCUT2D eigenvalue weighted by atomic mass is 10.1. The van der Waals surface area contributed by atoms with Crippen molar-refractivity contribution in [1.82, 2.24) is 0 Å². The summed E-state index contributed by atoms with van der Waals surface area (Å²) in [7, 11) is 0. The SMILES string of the molecule is Cc1cc(F)ccc1C(=O)Nc1sccc1C#N. The molecule has 1 heterocycles. The summed E-state index contributed by atoms with van der Waals surface area (Å²) >= 11 is 1.28. The number of rotatable bonds is 2. The maximum absolute atomic E-state index is 12.9. The van der Waals surface area contributed by atoms with E-state index in [4.69, 9.17) is 5.26 Å². The average molecular weight is 260 g/mol. The maximum Gasteiger partial charge on any atom is 0.256 e. The van der Waals surface area contributed by atoms with E-state index >= 15 is 0 Å². The first-order valence-electron chi connectivity index (χ1n) is 5.17. The molecule has 3 nitrogen and oxygen atoms in total. The van der Waals surface area contributed by atoms with Gasteiger partial charge in [0.25, 0.3) is 5.91 Å². The first-order chi connectivity index (χ1) is 8.61. The van der Waals surface area contributed by atoms with Gasteiger partial charge in [-0.15, -0.1) is 11.3 Å². The molecule has 90 valence electrons. The number of hydrogen-bond acceptors (Lipinski definition) is 3. The maximum atomic E-state index is 12.9. The minimum Gasteiger partial charge on any atom is -0.312 e. The van der Waals surface area contributed by atoms with Crippen molar-refractivity contribution in [1.29, 1.82) is 5.26 Å². The largest absolute Gasteiger partial charge is 0.312 e. The van der Waals surface area contributed by atoms with Gasteiger partial charge in [0.1, 0.15) is 16.9 Å². The Morgan fingerprint density at radius 1 is 1.44 bits per heavy atom. The standard InChI is InChI=1S/C13H9FN2OS/c1-8-6-10(14)2-3-11(8)12(17)16-13-9(7-15)4-5-18-13/h2-6H,1H3,(H,16,17). The van der Waals surface area contributed by atoms with E-state index in [0.29, 0.717) is 21.7 Å². The highest BCUT2D eigenvalue weighted by Gasteiger charge is 2.12. The number of aryl methyl sites for hydroxylation is 1. The van der Waals surface area contributed by atoms with Gasteiger partial charge >= 0.3 is 0 Å². The van der Waals surface area contributed by atoms with E-state index in [1.807, 2.05) is 6.07 Å². The zero-order valence-corrected chi connectivity index (χ0v) is 10.3. The predicted molar refractivity (Wildman–Crippen MR) is 68.1 cm³/mol. The highest BCUT2D eigenvalue weighted by molar-refractivity contribution is 7.14. The van der Waals surface area contributed by atoms with Crippen LogP contribution < -0.4 is 5.32 Å². The molecule has 18 heavy (non-hydrogen) atoms. The summed E-state index contributed by atoms with van der Waals surface area (Å²) in [5.41, 5.74) is 1.38. The fourth-order valence-electron chi connectivity index (χ4n) is 1.55. The van der Waals surface area contributed by atoms with Crippen molar-refractivity contribution < 1.29 is 9.18 Å². The summed E-state index contributed by atoms with van der Waals surface area (Å²) in [6, 6.07) is 7.60. The average Bonchev–Trinajstić information content (AvgIpc) is 2.76. The molecule has 2 aromatic rings. The zero-order chi connectivity index (χ0) is 13.1. The third-order valence-corrected chi connectivity index (χ3v) is 3.28. The normalized spacial score (nSPS) is 9.83. The summed E-state index contributed by atoms with van der Waals surface area (Å²) in [6.45, 7) is 1.66. The van der Waals surface area contributed by atoms with E-state index in [2.05, 4.69) is 5.32 Å². The summed E-state index contributed by atoms with van der Waals surface area (Å²) in [4.78, 5) is 12.0. The third-order valence-electron chi connectivity index (χ3n) is 2.45. The minimum atomic E-state index is -0.377. The summed E-state index contributed by atoms with van der Waals surface area (Å²) in [5.74, 6) is -0.718. The van der Waals surface area contributed by atoms with Crippen molar-refractivity contribution in [2.75, 3.05) is 5.32 Å². The van der Waals surface area contributed by atoms with Crippen molar-refractivity contribution >= 4 is 22.2 Å². The molecule has 5 heteroatoms. The van der Waals surface area contributed by atoms with Crippen LogP contribution in [0.4, 0.5) is 9.39 Å². The van der Waals surface area contributed by atoms with Crippen molar-refractivity contribution in [2.24, 2.45) is 0 Å². The summed E-state index contributed by atoms with van der Waals surface area (Å²) in [5, 5.41) is 13.7. The molecule has 1 aromatic heterocycles. The molecule has 0 aliphatic heterocycles. The second kappa shape index (κ2) is 4.98. The predicted octanol–water partition coefficient (Wildman–Crippen LogP) is 3.32. The molecule has 0 atom stereocenters. The summed E-state index contributed by atoms with van der Waals surface area (Å²) in [6.07, 6.45) is 0. The topological polar surface area (TPSA) is 52.9 Å². The minimum absolute atomic E-state index is 0.341. The van der Waals surface area contributed by atoms with Crippen LogP contribution in [0, 0.1) is 24.1 Å². The lowest BCUT2D eigenvalue weighted by Crippen LogP contribution is -2.13. The molecule has 1 N–H and O–H groups in total. The Balaban J connectivity index is 2.25. The molecule has 0 unspecified atom stereocenters. The highest BCUT2D eigenvalue weighted by atomic mass is 32.1. The Labute approximate surface area is 107 Å². The zero-order valence-electron chi connectivity index (χ0n) is 9.53. The Kier molecular flexibility index (Phi) is 3.40. The molecule has 0 spiro atoms. The second-order valence-corrected chi connectivity index (χ2v) is 4.60. The molecule has 0 aliphatic carbocycles. The quantitative estimate of drug-likeness (QED) is 0.900. The van der Waals surface area contributed by atoms with Crippen molar-refractivity contribution in [3.05, 3.63) is 52.2 Å². The monoisotopic (exact) mass is 260 g/mol. The van der Waals surface area contributed by atoms with Gasteiger partial charge in [-0.05, 0) is 42.1 Å². The van der Waals surface area contributed by atoms with E-state index in [1.165, 1.54) is 29.5 Å². The Morgan fingerprint density at radius 3 is 2.89 bits per heavy atom. The number of halogens is 1. The van der Waals surface area contributed by atoms with Gasteiger partial charge in [0.05, 0.1) is 5.56 Å². The number of thiophene rings is 1. The molecule has 1 amide bonds. The van der Waals surface area contributed by atoms with Crippen LogP contribution in [0.2, 0.25) is 0 Å². The van der Waals surface area contributed by atoms with Crippen molar-refractivity contribution in [3.8, 4) is 6.07 Å². The molecule has 2 rings (SSSR count). The van der Waals surface area contributed by atoms with Gasteiger partial charge in [-0.3, -0.25) is 4.79 Å². The molecule has 0 fully saturated rings. The van der Waals surface area contributed by atoms with Crippen LogP contribution in [-0.2, 0) is 0 Å². The van der Waals surface area contributed by atoms with Crippen LogP contribution in [0.25, 0.3) is 0 Å². The number of nitrogens with zero attached hydrogens (tertiary/aromatic N) is 1.